The van der Waals surface area contributed by atoms with Gasteiger partial charge in [-0.05, 0) is 29.8 Å². The van der Waals surface area contributed by atoms with E-state index in [4.69, 9.17) is 4.98 Å². The number of hydrogen-bond acceptors (Lipinski definition) is 5. The van der Waals surface area contributed by atoms with E-state index in [1.165, 1.54) is 11.8 Å². The largest absolute Gasteiger partial charge is 0.508 e. The number of carbonyl (C=O) groups is 1. The van der Waals surface area contributed by atoms with Crippen molar-refractivity contribution in [2.45, 2.75) is 22.4 Å². The molecule has 0 saturated heterocycles. The van der Waals surface area contributed by atoms with Crippen LogP contribution < -0.4 is 9.88 Å². The van der Waals surface area contributed by atoms with Crippen LogP contribution in [0.15, 0.2) is 101 Å². The van der Waals surface area contributed by atoms with Crippen molar-refractivity contribution >= 4 is 23.5 Å². The number of phenolic OH excluding ortho intramolecular Hbond substituents is 1. The van der Waals surface area contributed by atoms with Crippen molar-refractivity contribution in [3.63, 3.8) is 0 Å². The van der Waals surface area contributed by atoms with Crippen molar-refractivity contribution in [3.05, 3.63) is 96.7 Å². The van der Waals surface area contributed by atoms with E-state index < -0.39 is 0 Å². The number of nitrogens with one attached hydrogen (secondary N) is 1. The Morgan fingerprint density at radius 3 is 2.32 bits per heavy atom. The van der Waals surface area contributed by atoms with Gasteiger partial charge in [0.1, 0.15) is 17.6 Å². The predicted molar refractivity (Wildman–Crippen MR) is 120 cm³/mol. The smallest absolute Gasteiger partial charge is 0.359 e. The maximum absolute atomic E-state index is 13.3. The first-order chi connectivity index (χ1) is 15.2. The molecule has 1 unspecified atom stereocenters. The summed E-state index contributed by atoms with van der Waals surface area (Å²) in [6.45, 7) is 0. The van der Waals surface area contributed by atoms with Gasteiger partial charge in [-0.3, -0.25) is 5.32 Å². The number of fused-ring (bicyclic) bond motifs is 1. The zero-order valence-electron chi connectivity index (χ0n) is 16.6. The van der Waals surface area contributed by atoms with Crippen molar-refractivity contribution in [1.82, 2.24) is 4.98 Å². The Morgan fingerprint density at radius 2 is 1.61 bits per heavy atom. The first kappa shape index (κ1) is 19.3. The van der Waals surface area contributed by atoms with Gasteiger partial charge < -0.3 is 5.11 Å². The van der Waals surface area contributed by atoms with Gasteiger partial charge in [0, 0.05) is 16.9 Å². The van der Waals surface area contributed by atoms with Gasteiger partial charge in [0.25, 0.3) is 0 Å². The highest BCUT2D eigenvalue weighted by Crippen LogP contribution is 2.34. The molecule has 5 nitrogen and oxygen atoms in total. The molecule has 0 fully saturated rings. The third kappa shape index (κ3) is 4.02. The summed E-state index contributed by atoms with van der Waals surface area (Å²) in [6.07, 6.45) is 2.41. The van der Waals surface area contributed by atoms with Crippen molar-refractivity contribution in [2.24, 2.45) is 0 Å². The summed E-state index contributed by atoms with van der Waals surface area (Å²) in [7, 11) is 0. The molecule has 152 valence electrons. The topological polar surface area (TPSA) is 66.1 Å². The molecule has 0 spiro atoms. The quantitative estimate of drug-likeness (QED) is 0.458. The lowest BCUT2D eigenvalue weighted by atomic mass is 10.1. The van der Waals surface area contributed by atoms with E-state index in [0.29, 0.717) is 12.2 Å². The fraction of sp³-hybridized carbons (Fsp3) is 0.0800. The van der Waals surface area contributed by atoms with Crippen LogP contribution in [0.5, 0.6) is 5.75 Å². The molecule has 0 aliphatic carbocycles. The van der Waals surface area contributed by atoms with Crippen molar-refractivity contribution in [1.29, 1.82) is 0 Å². The molecule has 3 aromatic carbocycles. The molecule has 0 bridgehead atoms. The number of aromatic hydroxyl groups is 1. The summed E-state index contributed by atoms with van der Waals surface area (Å²) in [5.41, 5.74) is 2.79. The van der Waals surface area contributed by atoms with Gasteiger partial charge in [-0.1, -0.05) is 72.4 Å². The molecule has 1 atom stereocenters. The Kier molecular flexibility index (Phi) is 5.14. The van der Waals surface area contributed by atoms with Crippen molar-refractivity contribution in [2.75, 3.05) is 5.32 Å². The third-order valence-corrected chi connectivity index (χ3v) is 6.15. The summed E-state index contributed by atoms with van der Waals surface area (Å²) in [5.74, 6) is 0.917. The second-order valence-corrected chi connectivity index (χ2v) is 8.40. The normalized spacial score (nSPS) is 14.8. The average Bonchev–Trinajstić information content (AvgIpc) is 3.12. The summed E-state index contributed by atoms with van der Waals surface area (Å²) in [4.78, 5) is 19.1. The first-order valence-electron chi connectivity index (χ1n) is 10.0. The van der Waals surface area contributed by atoms with E-state index in [9.17, 15) is 9.90 Å². The number of carbonyl (C=O) groups excluding carboxylic acids is 1. The zero-order chi connectivity index (χ0) is 21.2. The molecule has 1 aliphatic rings. The summed E-state index contributed by atoms with van der Waals surface area (Å²) >= 11 is 1.46. The lowest BCUT2D eigenvalue weighted by molar-refractivity contribution is -0.554. The Bertz CT molecular complexity index is 1230. The molecule has 5 rings (SSSR count). The van der Waals surface area contributed by atoms with Crippen molar-refractivity contribution in [3.8, 4) is 17.0 Å². The lowest BCUT2D eigenvalue weighted by Crippen LogP contribution is -2.43. The van der Waals surface area contributed by atoms with Crippen LogP contribution in [0.25, 0.3) is 11.3 Å². The molecular formula is C25H20N3O2S+. The Hall–Kier alpha value is -3.64. The van der Waals surface area contributed by atoms with Crippen LogP contribution in [0.3, 0.4) is 0 Å². The predicted octanol–water partition coefficient (Wildman–Crippen LogP) is 4.57. The minimum absolute atomic E-state index is 0.00555. The fourth-order valence-corrected chi connectivity index (χ4v) is 4.51. The van der Waals surface area contributed by atoms with Crippen LogP contribution in [0.1, 0.15) is 10.4 Å². The monoisotopic (exact) mass is 426 g/mol. The highest BCUT2D eigenvalue weighted by Gasteiger charge is 2.41. The molecular weight excluding hydrogens is 406 g/mol. The van der Waals surface area contributed by atoms with Gasteiger partial charge in [-0.2, -0.15) is 4.57 Å². The number of benzene rings is 3. The van der Waals surface area contributed by atoms with Gasteiger partial charge in [-0.25, -0.2) is 9.78 Å². The molecule has 6 heteroatoms. The van der Waals surface area contributed by atoms with Gasteiger partial charge >= 0.3 is 11.7 Å². The highest BCUT2D eigenvalue weighted by atomic mass is 32.2. The second kappa shape index (κ2) is 8.24. The van der Waals surface area contributed by atoms with Crippen LogP contribution in [-0.2, 0) is 6.42 Å². The molecule has 2 heterocycles. The van der Waals surface area contributed by atoms with Gasteiger partial charge in [0.05, 0.1) is 0 Å². The summed E-state index contributed by atoms with van der Waals surface area (Å²) in [5, 5.41) is 13.7. The van der Waals surface area contributed by atoms with Crippen LogP contribution in [-0.4, -0.2) is 22.0 Å². The third-order valence-electron chi connectivity index (χ3n) is 5.17. The average molecular weight is 427 g/mol. The maximum atomic E-state index is 13.3. The fourth-order valence-electron chi connectivity index (χ4n) is 3.61. The zero-order valence-corrected chi connectivity index (χ0v) is 17.4. The van der Waals surface area contributed by atoms with E-state index in [1.807, 2.05) is 79.0 Å². The minimum atomic E-state index is -0.352. The van der Waals surface area contributed by atoms with Crippen LogP contribution >= 0.6 is 11.8 Å². The highest BCUT2D eigenvalue weighted by molar-refractivity contribution is 7.99. The van der Waals surface area contributed by atoms with E-state index in [0.717, 1.165) is 26.7 Å². The molecule has 2 N–H and O–H groups in total. The summed E-state index contributed by atoms with van der Waals surface area (Å²) in [6, 6.07) is 26.5. The minimum Gasteiger partial charge on any atom is -0.508 e. The van der Waals surface area contributed by atoms with Gasteiger partial charge in [0.15, 0.2) is 11.1 Å². The Balaban J connectivity index is 1.54. The maximum Gasteiger partial charge on any atom is 0.359 e. The van der Waals surface area contributed by atoms with E-state index in [1.54, 1.807) is 16.7 Å². The van der Waals surface area contributed by atoms with Gasteiger partial charge in [-0.15, -0.1) is 0 Å². The number of rotatable bonds is 5. The SMILES string of the molecule is O=C1C(Cc2ccccc2)Nc2c(Sc3ccc(O)cc3)nc(-c3ccccc3)c[n+]21. The molecule has 0 radical (unpaired) electrons. The van der Waals surface area contributed by atoms with Crippen molar-refractivity contribution < 1.29 is 14.5 Å². The van der Waals surface area contributed by atoms with E-state index in [-0.39, 0.29) is 17.7 Å². The Morgan fingerprint density at radius 1 is 0.935 bits per heavy atom. The van der Waals surface area contributed by atoms with Crippen LogP contribution in [0.2, 0.25) is 0 Å². The van der Waals surface area contributed by atoms with Crippen LogP contribution in [0.4, 0.5) is 5.82 Å². The molecule has 0 saturated carbocycles. The lowest BCUT2D eigenvalue weighted by Gasteiger charge is -2.07. The number of phenols is 1. The number of nitrogens with zero attached hydrogens (tertiary/aromatic N) is 2. The second-order valence-electron chi connectivity index (χ2n) is 7.34. The Labute approximate surface area is 184 Å². The van der Waals surface area contributed by atoms with E-state index >= 15 is 0 Å². The number of anilines is 1. The molecule has 1 aliphatic heterocycles. The van der Waals surface area contributed by atoms with Crippen LogP contribution in [0, 0.1) is 0 Å². The standard InChI is InChI=1S/C25H19N3O2S/c29-19-11-13-20(14-12-19)31-24-23-26-21(15-17-7-3-1-4-8-17)25(30)28(23)16-22(27-24)18-9-5-2-6-10-18/h1-14,16,21,29H,15H2/p+1. The molecule has 1 aromatic heterocycles. The number of aromatic nitrogens is 2. The van der Waals surface area contributed by atoms with E-state index in [2.05, 4.69) is 5.32 Å². The number of hydrogen-bond donors (Lipinski definition) is 2. The first-order valence-corrected chi connectivity index (χ1v) is 10.8. The molecule has 31 heavy (non-hydrogen) atoms. The molecule has 4 aromatic rings. The molecule has 0 amide bonds. The summed E-state index contributed by atoms with van der Waals surface area (Å²) < 4.78 is 1.69. The van der Waals surface area contributed by atoms with Gasteiger partial charge in [0.2, 0.25) is 0 Å².